The lowest BCUT2D eigenvalue weighted by Gasteiger charge is -2.13. The molecule has 14 heteroatoms. The van der Waals surface area contributed by atoms with Crippen molar-refractivity contribution in [2.45, 2.75) is 22.6 Å². The molecule has 0 amide bonds. The monoisotopic (exact) mass is 597 g/mol. The molecule has 0 bridgehead atoms. The van der Waals surface area contributed by atoms with Crippen molar-refractivity contribution in [1.82, 2.24) is 4.98 Å². The maximum Gasteiger partial charge on any atom is 0.264 e. The number of thioether (sulfide) groups is 2. The number of fused-ring (bicyclic) bond motifs is 2. The third-order valence-electron chi connectivity index (χ3n) is 5.62. The van der Waals surface area contributed by atoms with Gasteiger partial charge in [-0.2, -0.15) is 16.8 Å². The molecule has 10 nitrogen and oxygen atoms in total. The number of aliphatic hydroxyl groups excluding tert-OH is 1. The van der Waals surface area contributed by atoms with Gasteiger partial charge in [0, 0.05) is 21.4 Å². The van der Waals surface area contributed by atoms with E-state index in [-0.39, 0.29) is 58.2 Å². The van der Waals surface area contributed by atoms with Gasteiger partial charge in [0.1, 0.15) is 11.5 Å². The fourth-order valence-electron chi connectivity index (χ4n) is 3.94. The quantitative estimate of drug-likeness (QED) is 0.140. The molecule has 2 aromatic carbocycles. The largest absolute Gasteiger partial charge is 0.506 e. The Morgan fingerprint density at radius 1 is 0.816 bits per heavy atom. The molecule has 0 spiro atoms. The second-order valence-corrected chi connectivity index (χ2v) is 13.8. The number of Topliss-reactive ketones (excluding diaryl/α,β-unsaturated/α-hetero) is 1. The molecule has 4 rings (SSSR count). The summed E-state index contributed by atoms with van der Waals surface area (Å²) in [6.45, 7) is 0. The molecule has 1 heterocycles. The molecular weight excluding hydrogens is 575 g/mol. The number of para-hydroxylation sites is 1. The van der Waals surface area contributed by atoms with Gasteiger partial charge in [-0.3, -0.25) is 13.9 Å². The number of benzene rings is 2. The van der Waals surface area contributed by atoms with Gasteiger partial charge < -0.3 is 10.2 Å². The summed E-state index contributed by atoms with van der Waals surface area (Å²) in [5.41, 5.74) is 0.647. The molecule has 1 aromatic heterocycles. The molecule has 0 aliphatic heterocycles. The molecule has 0 fully saturated rings. The molecule has 0 atom stereocenters. The predicted octanol–water partition coefficient (Wildman–Crippen LogP) is 4.30. The lowest BCUT2D eigenvalue weighted by atomic mass is 10.0. The number of ketones is 1. The number of aromatic nitrogens is 1. The maximum absolute atomic E-state index is 13.3. The molecule has 3 aromatic rings. The summed E-state index contributed by atoms with van der Waals surface area (Å²) in [6, 6.07) is 11.7. The second kappa shape index (κ2) is 11.2. The number of aromatic hydroxyl groups is 1. The Hall–Kier alpha value is -2.62. The van der Waals surface area contributed by atoms with E-state index in [1.54, 1.807) is 36.4 Å². The van der Waals surface area contributed by atoms with Crippen LogP contribution in [0.5, 0.6) is 5.75 Å². The van der Waals surface area contributed by atoms with E-state index in [0.717, 1.165) is 11.8 Å². The number of carbonyl (C=O) groups is 1. The van der Waals surface area contributed by atoms with Crippen molar-refractivity contribution < 1.29 is 40.9 Å². The number of nitrogens with zero attached hydrogens (tertiary/aromatic N) is 1. The number of aliphatic hydroxyl groups is 1. The normalized spacial score (nSPS) is 13.9. The maximum atomic E-state index is 13.3. The van der Waals surface area contributed by atoms with Gasteiger partial charge in [0.25, 0.3) is 20.2 Å². The van der Waals surface area contributed by atoms with Crippen molar-refractivity contribution >= 4 is 71.8 Å². The molecule has 0 saturated heterocycles. The molecule has 0 radical (unpaired) electrons. The zero-order valence-corrected chi connectivity index (χ0v) is 23.0. The van der Waals surface area contributed by atoms with E-state index in [4.69, 9.17) is 9.11 Å². The van der Waals surface area contributed by atoms with Gasteiger partial charge in [-0.15, -0.1) is 23.5 Å². The smallest absolute Gasteiger partial charge is 0.264 e. The van der Waals surface area contributed by atoms with E-state index in [1.165, 1.54) is 17.8 Å². The minimum Gasteiger partial charge on any atom is -0.506 e. The Kier molecular flexibility index (Phi) is 8.40. The Morgan fingerprint density at radius 2 is 1.45 bits per heavy atom. The van der Waals surface area contributed by atoms with Gasteiger partial charge in [-0.1, -0.05) is 18.2 Å². The summed E-state index contributed by atoms with van der Waals surface area (Å²) in [7, 11) is -8.18. The first kappa shape index (κ1) is 28.4. The topological polar surface area (TPSA) is 179 Å². The van der Waals surface area contributed by atoms with Gasteiger partial charge in [-0.25, -0.2) is 4.98 Å². The fourth-order valence-corrected chi connectivity index (χ4v) is 7.27. The van der Waals surface area contributed by atoms with Crippen LogP contribution in [0.4, 0.5) is 0 Å². The minimum atomic E-state index is -4.13. The highest BCUT2D eigenvalue weighted by atomic mass is 32.2. The summed E-state index contributed by atoms with van der Waals surface area (Å²) in [4.78, 5) is 18.8. The lowest BCUT2D eigenvalue weighted by molar-refractivity contribution is 0.105. The van der Waals surface area contributed by atoms with E-state index in [2.05, 4.69) is 4.98 Å². The van der Waals surface area contributed by atoms with Crippen LogP contribution in [0, 0.1) is 0 Å². The summed E-state index contributed by atoms with van der Waals surface area (Å²) in [5.74, 6) is -1.39. The van der Waals surface area contributed by atoms with Gasteiger partial charge >= 0.3 is 0 Å². The molecule has 4 N–H and O–H groups in total. The highest BCUT2D eigenvalue weighted by Crippen LogP contribution is 2.45. The van der Waals surface area contributed by atoms with E-state index < -0.39 is 31.8 Å². The fraction of sp³-hybridized carbons (Fsp3) is 0.250. The van der Waals surface area contributed by atoms with Crippen LogP contribution in [0.25, 0.3) is 22.2 Å². The highest BCUT2D eigenvalue weighted by Gasteiger charge is 2.34. The minimum absolute atomic E-state index is 0.109. The Morgan fingerprint density at radius 3 is 2.11 bits per heavy atom. The standard InChI is InChI=1S/C24H23NO9S4/c26-21-15-8-7-14(35-9-3-11-37(29,30)31)13-17(15)22(27)19(21)20-23(28)24(36-10-4-12-38(32,33)34)16-5-1-2-6-18(16)25-20/h1-2,5-8,13,27-28H,3-4,9-12H2,(H,29,30,31)(H,32,33,34). The van der Waals surface area contributed by atoms with Crippen molar-refractivity contribution in [3.63, 3.8) is 0 Å². The molecular formula is C24H23NO9S4. The molecule has 202 valence electrons. The van der Waals surface area contributed by atoms with Crippen LogP contribution in [0.1, 0.15) is 34.5 Å². The van der Waals surface area contributed by atoms with Crippen LogP contribution in [-0.4, -0.2) is 69.9 Å². The third-order valence-corrected chi connectivity index (χ3v) is 9.50. The van der Waals surface area contributed by atoms with Crippen LogP contribution >= 0.6 is 23.5 Å². The Bertz CT molecular complexity index is 1670. The first-order valence-electron chi connectivity index (χ1n) is 11.3. The number of hydrogen-bond acceptors (Lipinski definition) is 10. The van der Waals surface area contributed by atoms with E-state index in [0.29, 0.717) is 26.4 Å². The molecule has 38 heavy (non-hydrogen) atoms. The summed E-state index contributed by atoms with van der Waals surface area (Å²) in [6.07, 6.45) is 0.337. The van der Waals surface area contributed by atoms with Crippen LogP contribution < -0.4 is 0 Å². The van der Waals surface area contributed by atoms with E-state index in [9.17, 15) is 31.8 Å². The molecule has 0 saturated carbocycles. The van der Waals surface area contributed by atoms with Gasteiger partial charge in [-0.05, 0) is 48.6 Å². The highest BCUT2D eigenvalue weighted by molar-refractivity contribution is 7.99. The SMILES string of the molecule is O=C1C(c2nc3ccccc3c(SCCCS(=O)(=O)O)c2O)=C(O)c2cc(SCCCS(=O)(=O)O)ccc21. The summed E-state index contributed by atoms with van der Waals surface area (Å²) < 4.78 is 61.7. The second-order valence-electron chi connectivity index (χ2n) is 8.39. The van der Waals surface area contributed by atoms with Gasteiger partial charge in [0.2, 0.25) is 0 Å². The van der Waals surface area contributed by atoms with Crippen molar-refractivity contribution in [3.8, 4) is 5.75 Å². The number of pyridine rings is 1. The lowest BCUT2D eigenvalue weighted by Crippen LogP contribution is -2.05. The van der Waals surface area contributed by atoms with Crippen molar-refractivity contribution in [2.75, 3.05) is 23.0 Å². The molecule has 1 aliphatic rings. The number of hydrogen-bond donors (Lipinski definition) is 4. The zero-order valence-electron chi connectivity index (χ0n) is 19.7. The zero-order chi connectivity index (χ0) is 27.7. The first-order valence-corrected chi connectivity index (χ1v) is 16.4. The first-order chi connectivity index (χ1) is 17.9. The average Bonchev–Trinajstić information content (AvgIpc) is 3.08. The van der Waals surface area contributed by atoms with Crippen LogP contribution in [0.3, 0.4) is 0 Å². The number of carbonyl (C=O) groups excluding carboxylic acids is 1. The predicted molar refractivity (Wildman–Crippen MR) is 147 cm³/mol. The third kappa shape index (κ3) is 6.50. The van der Waals surface area contributed by atoms with Crippen LogP contribution in [-0.2, 0) is 20.2 Å². The van der Waals surface area contributed by atoms with Gasteiger partial charge in [0.15, 0.2) is 11.5 Å². The van der Waals surface area contributed by atoms with Crippen molar-refractivity contribution in [3.05, 3.63) is 59.3 Å². The van der Waals surface area contributed by atoms with Crippen LogP contribution in [0.15, 0.2) is 52.3 Å². The van der Waals surface area contributed by atoms with E-state index >= 15 is 0 Å². The Labute approximate surface area is 227 Å². The van der Waals surface area contributed by atoms with Crippen LogP contribution in [0.2, 0.25) is 0 Å². The Balaban J connectivity index is 1.67. The van der Waals surface area contributed by atoms with Crippen molar-refractivity contribution in [1.29, 1.82) is 0 Å². The van der Waals surface area contributed by atoms with Gasteiger partial charge in [0.05, 0.1) is 27.5 Å². The summed E-state index contributed by atoms with van der Waals surface area (Å²) in [5, 5.41) is 22.8. The van der Waals surface area contributed by atoms with E-state index in [1.807, 2.05) is 0 Å². The molecule has 0 unspecified atom stereocenters. The molecule has 1 aliphatic carbocycles. The summed E-state index contributed by atoms with van der Waals surface area (Å²) >= 11 is 2.45. The van der Waals surface area contributed by atoms with Crippen molar-refractivity contribution in [2.24, 2.45) is 0 Å². The average molecular weight is 598 g/mol. The number of allylic oxidation sites excluding steroid dienone is 1. The number of rotatable bonds is 11.